The number of ether oxygens (including phenoxy) is 1. The van der Waals surface area contributed by atoms with Crippen molar-refractivity contribution in [3.63, 3.8) is 0 Å². The second kappa shape index (κ2) is 6.09. The molecule has 1 aromatic rings. The van der Waals surface area contributed by atoms with Crippen LogP contribution < -0.4 is 5.73 Å². The van der Waals surface area contributed by atoms with Crippen LogP contribution in [0.1, 0.15) is 12.5 Å². The summed E-state index contributed by atoms with van der Waals surface area (Å²) in [5.41, 5.74) is 7.74. The van der Waals surface area contributed by atoms with Gasteiger partial charge < -0.3 is 15.4 Å². The minimum absolute atomic E-state index is 0.274. The lowest BCUT2D eigenvalue weighted by Gasteiger charge is -2.28. The van der Waals surface area contributed by atoms with E-state index in [9.17, 15) is 4.79 Å². The Hall–Kier alpha value is -2.23. The number of nitrogens with zero attached hydrogens (tertiary/aromatic N) is 1. The van der Waals surface area contributed by atoms with E-state index in [1.165, 1.54) is 0 Å². The van der Waals surface area contributed by atoms with Crippen LogP contribution in [-0.2, 0) is 16.1 Å². The van der Waals surface area contributed by atoms with E-state index in [-0.39, 0.29) is 5.97 Å². The minimum atomic E-state index is -0.274. The van der Waals surface area contributed by atoms with Crippen LogP contribution in [0, 0.1) is 0 Å². The number of nitrogens with two attached hydrogens (primary N) is 1. The average Bonchev–Trinajstić information content (AvgIpc) is 2.42. The number of hydrogen-bond donors (Lipinski definition) is 1. The lowest BCUT2D eigenvalue weighted by atomic mass is 10.1. The number of hydrogen-bond acceptors (Lipinski definition) is 4. The number of rotatable bonds is 4. The summed E-state index contributed by atoms with van der Waals surface area (Å²) in [7, 11) is 0. The molecule has 4 heteroatoms. The van der Waals surface area contributed by atoms with Crippen LogP contribution in [0.5, 0.6) is 0 Å². The van der Waals surface area contributed by atoms with Crippen LogP contribution in [-0.4, -0.2) is 24.0 Å². The molecule has 0 saturated carbocycles. The second-order valence-electron chi connectivity index (χ2n) is 4.35. The molecular weight excluding hydrogens is 240 g/mol. The van der Waals surface area contributed by atoms with Crippen molar-refractivity contribution in [2.24, 2.45) is 5.73 Å². The van der Waals surface area contributed by atoms with E-state index in [1.54, 1.807) is 19.1 Å². The summed E-state index contributed by atoms with van der Waals surface area (Å²) in [6, 6.07) is 10.0. The molecule has 2 rings (SSSR count). The smallest absolute Gasteiger partial charge is 0.335 e. The zero-order chi connectivity index (χ0) is 13.7. The van der Waals surface area contributed by atoms with Crippen LogP contribution >= 0.6 is 0 Å². The quantitative estimate of drug-likeness (QED) is 0.837. The first kappa shape index (κ1) is 13.2. The summed E-state index contributed by atoms with van der Waals surface area (Å²) < 4.78 is 5.01. The van der Waals surface area contributed by atoms with Gasteiger partial charge in [0.1, 0.15) is 0 Å². The summed E-state index contributed by atoms with van der Waals surface area (Å²) in [6.07, 6.45) is 3.48. The molecule has 0 amide bonds. The fraction of sp³-hybridized carbons (Fsp3) is 0.267. The zero-order valence-electron chi connectivity index (χ0n) is 11.0. The van der Waals surface area contributed by atoms with Crippen LogP contribution in [0.4, 0.5) is 0 Å². The maximum atomic E-state index is 11.7. The van der Waals surface area contributed by atoms with Gasteiger partial charge in [-0.05, 0) is 24.6 Å². The van der Waals surface area contributed by atoms with Crippen molar-refractivity contribution in [3.8, 4) is 0 Å². The molecule has 1 aromatic carbocycles. The third kappa shape index (κ3) is 3.37. The first-order chi connectivity index (χ1) is 9.20. The lowest BCUT2D eigenvalue weighted by Crippen LogP contribution is -2.33. The minimum Gasteiger partial charge on any atom is -0.463 e. The Bertz CT molecular complexity index is 506. The Morgan fingerprint density at radius 2 is 2.05 bits per heavy atom. The molecule has 0 saturated heterocycles. The van der Waals surface area contributed by atoms with Gasteiger partial charge in [0.15, 0.2) is 0 Å². The Balaban J connectivity index is 2.06. The number of benzene rings is 1. The van der Waals surface area contributed by atoms with Crippen LogP contribution in [0.15, 0.2) is 53.9 Å². The van der Waals surface area contributed by atoms with Gasteiger partial charge in [0.2, 0.25) is 0 Å². The van der Waals surface area contributed by atoms with Crippen LogP contribution in [0.3, 0.4) is 0 Å². The van der Waals surface area contributed by atoms with Gasteiger partial charge in [0.25, 0.3) is 0 Å². The number of allylic oxidation sites excluding steroid dienone is 2. The summed E-state index contributed by atoms with van der Waals surface area (Å²) in [5, 5.41) is 0. The fourth-order valence-corrected chi connectivity index (χ4v) is 1.95. The highest BCUT2D eigenvalue weighted by Crippen LogP contribution is 2.16. The molecule has 2 N–H and O–H groups in total. The Morgan fingerprint density at radius 3 is 2.74 bits per heavy atom. The molecule has 0 radical (unpaired) electrons. The SMILES string of the molecule is CCOC(=O)C1=CC=C(N)N(Cc2ccccc2)C1. The third-order valence-corrected chi connectivity index (χ3v) is 2.94. The van der Waals surface area contributed by atoms with Gasteiger partial charge in [-0.25, -0.2) is 4.79 Å². The molecule has 1 heterocycles. The third-order valence-electron chi connectivity index (χ3n) is 2.94. The first-order valence-corrected chi connectivity index (χ1v) is 6.33. The predicted octanol–water partition coefficient (Wildman–Crippen LogP) is 1.79. The highest BCUT2D eigenvalue weighted by molar-refractivity contribution is 5.89. The van der Waals surface area contributed by atoms with Gasteiger partial charge in [0, 0.05) is 6.54 Å². The number of carbonyl (C=O) groups excluding carboxylic acids is 1. The Labute approximate surface area is 113 Å². The maximum absolute atomic E-state index is 11.7. The standard InChI is InChI=1S/C15H18N2O2/c1-2-19-15(18)13-8-9-14(16)17(11-13)10-12-6-4-3-5-7-12/h3-9H,2,10-11,16H2,1H3. The Kier molecular flexibility index (Phi) is 4.23. The molecule has 0 fully saturated rings. The summed E-state index contributed by atoms with van der Waals surface area (Å²) in [4.78, 5) is 13.7. The summed E-state index contributed by atoms with van der Waals surface area (Å²) in [5.74, 6) is 0.390. The molecule has 19 heavy (non-hydrogen) atoms. The van der Waals surface area contributed by atoms with Crippen LogP contribution in [0.2, 0.25) is 0 Å². The van der Waals surface area contributed by atoms with E-state index >= 15 is 0 Å². The molecule has 1 aliphatic heterocycles. The maximum Gasteiger partial charge on any atom is 0.335 e. The molecule has 4 nitrogen and oxygen atoms in total. The molecule has 0 aliphatic carbocycles. The molecule has 0 bridgehead atoms. The van der Waals surface area contributed by atoms with E-state index in [0.29, 0.717) is 31.1 Å². The molecular formula is C15H18N2O2. The van der Waals surface area contributed by atoms with E-state index in [1.807, 2.05) is 35.2 Å². The molecule has 0 unspecified atom stereocenters. The fourth-order valence-electron chi connectivity index (χ4n) is 1.95. The topological polar surface area (TPSA) is 55.6 Å². The summed E-state index contributed by atoms with van der Waals surface area (Å²) in [6.45, 7) is 3.34. The van der Waals surface area contributed by atoms with Gasteiger partial charge in [-0.1, -0.05) is 30.3 Å². The molecule has 0 atom stereocenters. The first-order valence-electron chi connectivity index (χ1n) is 6.33. The Morgan fingerprint density at radius 1 is 1.32 bits per heavy atom. The number of carbonyl (C=O) groups is 1. The molecule has 0 aromatic heterocycles. The van der Waals surface area contributed by atoms with E-state index < -0.39 is 0 Å². The average molecular weight is 258 g/mol. The van der Waals surface area contributed by atoms with Crippen molar-refractivity contribution in [2.45, 2.75) is 13.5 Å². The highest BCUT2D eigenvalue weighted by Gasteiger charge is 2.19. The predicted molar refractivity (Wildman–Crippen MR) is 73.8 cm³/mol. The summed E-state index contributed by atoms with van der Waals surface area (Å²) >= 11 is 0. The molecule has 100 valence electrons. The highest BCUT2D eigenvalue weighted by atomic mass is 16.5. The number of esters is 1. The lowest BCUT2D eigenvalue weighted by molar-refractivity contribution is -0.138. The van der Waals surface area contributed by atoms with Crippen molar-refractivity contribution in [2.75, 3.05) is 13.2 Å². The van der Waals surface area contributed by atoms with E-state index in [4.69, 9.17) is 10.5 Å². The van der Waals surface area contributed by atoms with E-state index in [0.717, 1.165) is 5.56 Å². The monoisotopic (exact) mass is 258 g/mol. The van der Waals surface area contributed by atoms with Crippen molar-refractivity contribution in [1.82, 2.24) is 4.90 Å². The zero-order valence-corrected chi connectivity index (χ0v) is 11.0. The van der Waals surface area contributed by atoms with E-state index in [2.05, 4.69) is 0 Å². The van der Waals surface area contributed by atoms with Crippen molar-refractivity contribution < 1.29 is 9.53 Å². The van der Waals surface area contributed by atoms with Crippen molar-refractivity contribution in [3.05, 3.63) is 59.4 Å². The molecule has 0 spiro atoms. The van der Waals surface area contributed by atoms with Crippen molar-refractivity contribution >= 4 is 5.97 Å². The van der Waals surface area contributed by atoms with Gasteiger partial charge in [-0.3, -0.25) is 0 Å². The van der Waals surface area contributed by atoms with Crippen LogP contribution in [0.25, 0.3) is 0 Å². The van der Waals surface area contributed by atoms with Crippen molar-refractivity contribution in [1.29, 1.82) is 0 Å². The second-order valence-corrected chi connectivity index (χ2v) is 4.35. The molecule has 1 aliphatic rings. The largest absolute Gasteiger partial charge is 0.463 e. The van der Waals surface area contributed by atoms with Gasteiger partial charge >= 0.3 is 5.97 Å². The van der Waals surface area contributed by atoms with Gasteiger partial charge in [0.05, 0.1) is 24.5 Å². The van der Waals surface area contributed by atoms with Gasteiger partial charge in [-0.15, -0.1) is 0 Å². The normalized spacial score (nSPS) is 14.7. The van der Waals surface area contributed by atoms with Gasteiger partial charge in [-0.2, -0.15) is 0 Å².